The molecule has 68 valence electrons. The summed E-state index contributed by atoms with van der Waals surface area (Å²) in [5, 5.41) is 8.21. The first-order valence-corrected chi connectivity index (χ1v) is 3.53. The van der Waals surface area contributed by atoms with Crippen molar-refractivity contribution in [1.82, 2.24) is 0 Å². The van der Waals surface area contributed by atoms with Gasteiger partial charge < -0.3 is 9.47 Å². The van der Waals surface area contributed by atoms with Gasteiger partial charge in [0.1, 0.15) is 0 Å². The van der Waals surface area contributed by atoms with E-state index < -0.39 is 17.4 Å². The van der Waals surface area contributed by atoms with Crippen LogP contribution in [0.5, 0.6) is 0 Å². The summed E-state index contributed by atoms with van der Waals surface area (Å²) in [5.41, 5.74) is -1.30. The van der Waals surface area contributed by atoms with Crippen LogP contribution in [-0.2, 0) is 19.1 Å². The van der Waals surface area contributed by atoms with E-state index in [1.165, 1.54) is 13.8 Å². The zero-order chi connectivity index (χ0) is 10.1. The van der Waals surface area contributed by atoms with Crippen LogP contribution in [0.2, 0.25) is 0 Å². The number of nitriles is 1. The molecule has 0 N–H and O–H groups in total. The van der Waals surface area contributed by atoms with E-state index in [-0.39, 0.29) is 5.95 Å². The number of hydrogen-bond acceptors (Lipinski definition) is 5. The van der Waals surface area contributed by atoms with Crippen LogP contribution in [0.25, 0.3) is 0 Å². The molecule has 0 bridgehead atoms. The van der Waals surface area contributed by atoms with Gasteiger partial charge >= 0.3 is 17.9 Å². The highest BCUT2D eigenvalue weighted by atomic mass is 16.7. The van der Waals surface area contributed by atoms with E-state index in [0.29, 0.717) is 0 Å². The molecular weight excluding hydrogens is 174 g/mol. The van der Waals surface area contributed by atoms with Crippen molar-refractivity contribution in [3.8, 4) is 6.07 Å². The second-order valence-electron chi connectivity index (χ2n) is 3.00. The number of carbonyl (C=O) groups is 2. The molecule has 1 heterocycles. The summed E-state index contributed by atoms with van der Waals surface area (Å²) < 4.78 is 9.14. The van der Waals surface area contributed by atoms with Gasteiger partial charge in [0.25, 0.3) is 0 Å². The minimum absolute atomic E-state index is 0.364. The van der Waals surface area contributed by atoms with Crippen molar-refractivity contribution in [3.05, 3.63) is 12.0 Å². The standard InChI is InChI=1S/C8H7NO4/c1-8(2)6(10)12-5(3-4-9)13-7(8)11/h3H,1-2H3. The first kappa shape index (κ1) is 9.26. The molecule has 1 aliphatic rings. The number of ether oxygens (including phenoxy) is 2. The van der Waals surface area contributed by atoms with Gasteiger partial charge in [0.2, 0.25) is 0 Å². The molecule has 5 heteroatoms. The van der Waals surface area contributed by atoms with Crippen LogP contribution in [0.3, 0.4) is 0 Å². The predicted octanol–water partition coefficient (Wildman–Crippen LogP) is 0.478. The minimum atomic E-state index is -1.30. The van der Waals surface area contributed by atoms with Crippen molar-refractivity contribution >= 4 is 11.9 Å². The highest BCUT2D eigenvalue weighted by Gasteiger charge is 2.45. The van der Waals surface area contributed by atoms with Gasteiger partial charge in [-0.2, -0.15) is 5.26 Å². The summed E-state index contributed by atoms with van der Waals surface area (Å²) in [6.45, 7) is 2.78. The molecule has 1 saturated heterocycles. The first-order chi connectivity index (χ1) is 5.98. The Bertz CT molecular complexity index is 313. The van der Waals surface area contributed by atoms with Crippen LogP contribution in [0.4, 0.5) is 0 Å². The fourth-order valence-electron chi connectivity index (χ4n) is 0.654. The highest BCUT2D eigenvalue weighted by Crippen LogP contribution is 2.27. The van der Waals surface area contributed by atoms with Crippen LogP contribution >= 0.6 is 0 Å². The molecule has 1 aliphatic heterocycles. The van der Waals surface area contributed by atoms with Crippen molar-refractivity contribution < 1.29 is 19.1 Å². The van der Waals surface area contributed by atoms with Crippen LogP contribution in [-0.4, -0.2) is 11.9 Å². The Morgan fingerprint density at radius 3 is 2.15 bits per heavy atom. The Morgan fingerprint density at radius 2 is 1.77 bits per heavy atom. The monoisotopic (exact) mass is 181 g/mol. The molecule has 0 amide bonds. The highest BCUT2D eigenvalue weighted by molar-refractivity contribution is 6.01. The van der Waals surface area contributed by atoms with E-state index in [4.69, 9.17) is 5.26 Å². The fourth-order valence-corrected chi connectivity index (χ4v) is 0.654. The molecule has 1 fully saturated rings. The van der Waals surface area contributed by atoms with Gasteiger partial charge in [-0.15, -0.1) is 0 Å². The van der Waals surface area contributed by atoms with E-state index in [1.807, 2.05) is 0 Å². The number of nitrogens with zero attached hydrogens (tertiary/aromatic N) is 1. The largest absolute Gasteiger partial charge is 0.391 e. The van der Waals surface area contributed by atoms with Gasteiger partial charge in [-0.25, -0.2) is 0 Å². The van der Waals surface area contributed by atoms with Crippen LogP contribution in [0.15, 0.2) is 12.0 Å². The van der Waals surface area contributed by atoms with Gasteiger partial charge in [-0.3, -0.25) is 9.59 Å². The third kappa shape index (κ3) is 1.51. The fraction of sp³-hybridized carbons (Fsp3) is 0.375. The summed E-state index contributed by atoms with van der Waals surface area (Å²) in [7, 11) is 0. The summed E-state index contributed by atoms with van der Waals surface area (Å²) >= 11 is 0. The predicted molar refractivity (Wildman–Crippen MR) is 39.7 cm³/mol. The number of hydrogen-bond donors (Lipinski definition) is 0. The summed E-state index contributed by atoms with van der Waals surface area (Å²) in [5.74, 6) is -1.80. The number of allylic oxidation sites excluding steroid dienone is 1. The Labute approximate surface area is 74.5 Å². The van der Waals surface area contributed by atoms with Gasteiger partial charge in [0.15, 0.2) is 5.41 Å². The third-order valence-corrected chi connectivity index (χ3v) is 1.59. The topological polar surface area (TPSA) is 76.4 Å². The molecule has 0 aromatic rings. The molecule has 0 atom stereocenters. The molecule has 0 radical (unpaired) electrons. The molecule has 1 rings (SSSR count). The van der Waals surface area contributed by atoms with Crippen molar-refractivity contribution in [2.45, 2.75) is 13.8 Å². The SMILES string of the molecule is CC1(C)C(=O)OC(=CC#N)OC1=O. The Hall–Kier alpha value is -1.83. The lowest BCUT2D eigenvalue weighted by atomic mass is 9.93. The quantitative estimate of drug-likeness (QED) is 0.308. The minimum Gasteiger partial charge on any atom is -0.391 e. The maximum absolute atomic E-state index is 11.1. The lowest BCUT2D eigenvalue weighted by Gasteiger charge is -2.25. The summed E-state index contributed by atoms with van der Waals surface area (Å²) in [6.07, 6.45) is 0.852. The molecule has 13 heavy (non-hydrogen) atoms. The number of cyclic esters (lactones) is 2. The van der Waals surface area contributed by atoms with E-state index in [0.717, 1.165) is 6.08 Å². The van der Waals surface area contributed by atoms with E-state index in [2.05, 4.69) is 9.47 Å². The average molecular weight is 181 g/mol. The zero-order valence-electron chi connectivity index (χ0n) is 7.16. The summed E-state index contributed by atoms with van der Waals surface area (Å²) in [4.78, 5) is 22.3. The Morgan fingerprint density at radius 1 is 1.31 bits per heavy atom. The summed E-state index contributed by atoms with van der Waals surface area (Å²) in [6, 6.07) is 1.59. The van der Waals surface area contributed by atoms with Gasteiger partial charge in [-0.1, -0.05) is 0 Å². The van der Waals surface area contributed by atoms with Crippen molar-refractivity contribution in [2.24, 2.45) is 5.41 Å². The van der Waals surface area contributed by atoms with Crippen LogP contribution in [0.1, 0.15) is 13.8 Å². The molecule has 0 unspecified atom stereocenters. The normalized spacial score (nSPS) is 19.9. The molecule has 0 aliphatic carbocycles. The maximum atomic E-state index is 11.1. The Balaban J connectivity index is 2.94. The zero-order valence-corrected chi connectivity index (χ0v) is 7.16. The molecule has 0 aromatic carbocycles. The number of esters is 2. The van der Waals surface area contributed by atoms with E-state index >= 15 is 0 Å². The van der Waals surface area contributed by atoms with Crippen LogP contribution < -0.4 is 0 Å². The second kappa shape index (κ2) is 2.90. The van der Waals surface area contributed by atoms with E-state index in [9.17, 15) is 9.59 Å². The number of rotatable bonds is 0. The second-order valence-corrected chi connectivity index (χ2v) is 3.00. The van der Waals surface area contributed by atoms with Crippen molar-refractivity contribution in [2.75, 3.05) is 0 Å². The maximum Gasteiger partial charge on any atom is 0.330 e. The molecule has 0 spiro atoms. The molecule has 0 aromatic heterocycles. The first-order valence-electron chi connectivity index (χ1n) is 3.53. The lowest BCUT2D eigenvalue weighted by Crippen LogP contribution is -2.41. The molecule has 5 nitrogen and oxygen atoms in total. The Kier molecular flexibility index (Phi) is 2.07. The van der Waals surface area contributed by atoms with Gasteiger partial charge in [0, 0.05) is 0 Å². The lowest BCUT2D eigenvalue weighted by molar-refractivity contribution is -0.183. The number of carbonyl (C=O) groups excluding carboxylic acids is 2. The molecular formula is C8H7NO4. The third-order valence-electron chi connectivity index (χ3n) is 1.59. The van der Waals surface area contributed by atoms with Gasteiger partial charge in [-0.05, 0) is 13.8 Å². The van der Waals surface area contributed by atoms with Crippen molar-refractivity contribution in [1.29, 1.82) is 5.26 Å². The van der Waals surface area contributed by atoms with E-state index in [1.54, 1.807) is 6.07 Å². The molecule has 0 saturated carbocycles. The van der Waals surface area contributed by atoms with Crippen LogP contribution in [0, 0.1) is 16.7 Å². The average Bonchev–Trinajstić information content (AvgIpc) is 2.02. The van der Waals surface area contributed by atoms with Gasteiger partial charge in [0.05, 0.1) is 12.1 Å². The smallest absolute Gasteiger partial charge is 0.330 e. The van der Waals surface area contributed by atoms with Crippen molar-refractivity contribution in [3.63, 3.8) is 0 Å².